The SMILES string of the molecule is CCOC(=O)C[C@@H]1C[C@@]2(CCNC2)CO1. The Morgan fingerprint density at radius 3 is 3.20 bits per heavy atom. The molecule has 4 heteroatoms. The second-order valence-electron chi connectivity index (χ2n) is 4.57. The van der Waals surface area contributed by atoms with E-state index in [0.29, 0.717) is 18.4 Å². The first-order valence-corrected chi connectivity index (χ1v) is 5.72. The van der Waals surface area contributed by atoms with Crippen molar-refractivity contribution in [3.63, 3.8) is 0 Å². The molecule has 2 aliphatic rings. The van der Waals surface area contributed by atoms with Gasteiger partial charge in [-0.1, -0.05) is 0 Å². The first-order chi connectivity index (χ1) is 7.24. The number of esters is 1. The lowest BCUT2D eigenvalue weighted by atomic mass is 9.84. The van der Waals surface area contributed by atoms with Crippen LogP contribution in [0.2, 0.25) is 0 Å². The molecule has 0 aromatic carbocycles. The summed E-state index contributed by atoms with van der Waals surface area (Å²) in [7, 11) is 0. The topological polar surface area (TPSA) is 47.6 Å². The molecule has 2 fully saturated rings. The molecule has 1 N–H and O–H groups in total. The quantitative estimate of drug-likeness (QED) is 0.701. The summed E-state index contributed by atoms with van der Waals surface area (Å²) in [4.78, 5) is 11.3. The molecule has 0 aliphatic carbocycles. The largest absolute Gasteiger partial charge is 0.466 e. The zero-order valence-corrected chi connectivity index (χ0v) is 9.25. The van der Waals surface area contributed by atoms with Crippen molar-refractivity contribution >= 4 is 5.97 Å². The van der Waals surface area contributed by atoms with Crippen molar-refractivity contribution in [3.8, 4) is 0 Å². The molecule has 0 saturated carbocycles. The van der Waals surface area contributed by atoms with Gasteiger partial charge in [-0.25, -0.2) is 0 Å². The van der Waals surface area contributed by atoms with Gasteiger partial charge in [-0.05, 0) is 26.3 Å². The number of ether oxygens (including phenoxy) is 2. The monoisotopic (exact) mass is 213 g/mol. The summed E-state index contributed by atoms with van der Waals surface area (Å²) in [6.07, 6.45) is 2.66. The third-order valence-corrected chi connectivity index (χ3v) is 3.32. The fraction of sp³-hybridized carbons (Fsp3) is 0.909. The van der Waals surface area contributed by atoms with Crippen LogP contribution in [0.5, 0.6) is 0 Å². The molecule has 0 aromatic heterocycles. The number of hydrogen-bond donors (Lipinski definition) is 1. The summed E-state index contributed by atoms with van der Waals surface area (Å²) in [6.45, 7) is 5.19. The van der Waals surface area contributed by atoms with E-state index in [-0.39, 0.29) is 12.1 Å². The van der Waals surface area contributed by atoms with Crippen LogP contribution in [0.15, 0.2) is 0 Å². The van der Waals surface area contributed by atoms with E-state index in [9.17, 15) is 4.79 Å². The van der Waals surface area contributed by atoms with Gasteiger partial charge in [-0.3, -0.25) is 4.79 Å². The lowest BCUT2D eigenvalue weighted by molar-refractivity contribution is -0.145. The molecular formula is C11H19NO3. The van der Waals surface area contributed by atoms with Gasteiger partial charge in [0.1, 0.15) is 0 Å². The first kappa shape index (κ1) is 10.9. The van der Waals surface area contributed by atoms with Crippen LogP contribution in [-0.4, -0.2) is 38.4 Å². The van der Waals surface area contributed by atoms with Crippen molar-refractivity contribution in [2.75, 3.05) is 26.3 Å². The molecule has 2 atom stereocenters. The molecule has 1 spiro atoms. The van der Waals surface area contributed by atoms with E-state index in [1.54, 1.807) is 0 Å². The van der Waals surface area contributed by atoms with E-state index in [2.05, 4.69) is 5.32 Å². The highest BCUT2D eigenvalue weighted by atomic mass is 16.5. The molecular weight excluding hydrogens is 194 g/mol. The highest BCUT2D eigenvalue weighted by molar-refractivity contribution is 5.70. The van der Waals surface area contributed by atoms with Gasteiger partial charge < -0.3 is 14.8 Å². The molecule has 0 unspecified atom stereocenters. The lowest BCUT2D eigenvalue weighted by Crippen LogP contribution is -2.24. The Balaban J connectivity index is 1.79. The Morgan fingerprint density at radius 1 is 1.67 bits per heavy atom. The van der Waals surface area contributed by atoms with Gasteiger partial charge >= 0.3 is 5.97 Å². The Bertz CT molecular complexity index is 236. The van der Waals surface area contributed by atoms with Crippen LogP contribution in [0.4, 0.5) is 0 Å². The molecule has 0 amide bonds. The molecule has 2 rings (SSSR count). The number of nitrogens with one attached hydrogen (secondary N) is 1. The number of hydrogen-bond acceptors (Lipinski definition) is 4. The van der Waals surface area contributed by atoms with Gasteiger partial charge in [0.2, 0.25) is 0 Å². The van der Waals surface area contributed by atoms with E-state index >= 15 is 0 Å². The lowest BCUT2D eigenvalue weighted by Gasteiger charge is -2.18. The second kappa shape index (κ2) is 4.49. The Hall–Kier alpha value is -0.610. The van der Waals surface area contributed by atoms with Crippen LogP contribution in [0, 0.1) is 5.41 Å². The third kappa shape index (κ3) is 2.49. The van der Waals surface area contributed by atoms with Crippen molar-refractivity contribution in [3.05, 3.63) is 0 Å². The van der Waals surface area contributed by atoms with E-state index in [1.807, 2.05) is 6.92 Å². The molecule has 4 nitrogen and oxygen atoms in total. The average molecular weight is 213 g/mol. The Morgan fingerprint density at radius 2 is 2.53 bits per heavy atom. The van der Waals surface area contributed by atoms with Gasteiger partial charge in [0.05, 0.1) is 25.7 Å². The summed E-state index contributed by atoms with van der Waals surface area (Å²) in [5.41, 5.74) is 0.303. The predicted molar refractivity (Wildman–Crippen MR) is 55.5 cm³/mol. The third-order valence-electron chi connectivity index (χ3n) is 3.32. The van der Waals surface area contributed by atoms with Crippen molar-refractivity contribution in [2.45, 2.75) is 32.3 Å². The number of carbonyl (C=O) groups excluding carboxylic acids is 1. The van der Waals surface area contributed by atoms with E-state index in [0.717, 1.165) is 26.1 Å². The standard InChI is InChI=1S/C11H19NO3/c1-2-14-10(13)5-9-6-11(8-15-9)3-4-12-7-11/h9,12H,2-8H2,1H3/t9-,11-/m1/s1. The van der Waals surface area contributed by atoms with Crippen molar-refractivity contribution < 1.29 is 14.3 Å². The van der Waals surface area contributed by atoms with Gasteiger partial charge in [0.25, 0.3) is 0 Å². The fourth-order valence-corrected chi connectivity index (χ4v) is 2.53. The average Bonchev–Trinajstić information content (AvgIpc) is 2.79. The highest BCUT2D eigenvalue weighted by Gasteiger charge is 2.42. The highest BCUT2D eigenvalue weighted by Crippen LogP contribution is 2.38. The fourth-order valence-electron chi connectivity index (χ4n) is 2.53. The summed E-state index contributed by atoms with van der Waals surface area (Å²) in [6, 6.07) is 0. The Labute approximate surface area is 90.3 Å². The predicted octanol–water partition coefficient (Wildman–Crippen LogP) is 0.708. The summed E-state index contributed by atoms with van der Waals surface area (Å²) >= 11 is 0. The molecule has 2 heterocycles. The van der Waals surface area contributed by atoms with Crippen LogP contribution in [-0.2, 0) is 14.3 Å². The van der Waals surface area contributed by atoms with E-state index in [4.69, 9.17) is 9.47 Å². The van der Waals surface area contributed by atoms with Crippen molar-refractivity contribution in [2.24, 2.45) is 5.41 Å². The summed E-state index contributed by atoms with van der Waals surface area (Å²) in [5, 5.41) is 3.36. The van der Waals surface area contributed by atoms with Gasteiger partial charge in [0, 0.05) is 12.0 Å². The Kier molecular flexibility index (Phi) is 3.26. The molecule has 0 aromatic rings. The van der Waals surface area contributed by atoms with Gasteiger partial charge in [-0.15, -0.1) is 0 Å². The maximum absolute atomic E-state index is 11.3. The number of carbonyl (C=O) groups is 1. The molecule has 2 aliphatic heterocycles. The summed E-state index contributed by atoms with van der Waals surface area (Å²) in [5.74, 6) is -0.134. The maximum atomic E-state index is 11.3. The van der Waals surface area contributed by atoms with Gasteiger partial charge in [-0.2, -0.15) is 0 Å². The molecule has 86 valence electrons. The molecule has 0 bridgehead atoms. The zero-order valence-electron chi connectivity index (χ0n) is 9.25. The minimum absolute atomic E-state index is 0.0731. The van der Waals surface area contributed by atoms with E-state index < -0.39 is 0 Å². The van der Waals surface area contributed by atoms with Crippen molar-refractivity contribution in [1.29, 1.82) is 0 Å². The maximum Gasteiger partial charge on any atom is 0.308 e. The van der Waals surface area contributed by atoms with Crippen LogP contribution in [0.3, 0.4) is 0 Å². The molecule has 2 saturated heterocycles. The van der Waals surface area contributed by atoms with Crippen LogP contribution in [0.1, 0.15) is 26.2 Å². The normalized spacial score (nSPS) is 34.9. The minimum Gasteiger partial charge on any atom is -0.466 e. The van der Waals surface area contributed by atoms with Gasteiger partial charge in [0.15, 0.2) is 0 Å². The van der Waals surface area contributed by atoms with Crippen molar-refractivity contribution in [1.82, 2.24) is 5.32 Å². The minimum atomic E-state index is -0.134. The summed E-state index contributed by atoms with van der Waals surface area (Å²) < 4.78 is 10.6. The molecule has 15 heavy (non-hydrogen) atoms. The van der Waals surface area contributed by atoms with Crippen LogP contribution >= 0.6 is 0 Å². The van der Waals surface area contributed by atoms with Crippen LogP contribution in [0.25, 0.3) is 0 Å². The second-order valence-corrected chi connectivity index (χ2v) is 4.57. The zero-order chi connectivity index (χ0) is 10.7. The molecule has 0 radical (unpaired) electrons. The first-order valence-electron chi connectivity index (χ1n) is 5.72. The van der Waals surface area contributed by atoms with Crippen LogP contribution < -0.4 is 5.32 Å². The smallest absolute Gasteiger partial charge is 0.308 e. The van der Waals surface area contributed by atoms with E-state index in [1.165, 1.54) is 6.42 Å². The number of rotatable bonds is 3.